The molecule has 0 fully saturated rings. The molecule has 0 aromatic rings. The van der Waals surface area contributed by atoms with Crippen LogP contribution in [0.2, 0.25) is 0 Å². The van der Waals surface area contributed by atoms with Crippen LogP contribution in [-0.4, -0.2) is 24.4 Å². The fourth-order valence-electron chi connectivity index (χ4n) is 1.47. The quantitative estimate of drug-likeness (QED) is 0.675. The number of amides is 1. The lowest BCUT2D eigenvalue weighted by Gasteiger charge is -2.21. The van der Waals surface area contributed by atoms with Gasteiger partial charge in [0.05, 0.1) is 12.0 Å². The average Bonchev–Trinajstić information content (AvgIpc) is 2.16. The highest BCUT2D eigenvalue weighted by atomic mass is 16.2. The molecule has 0 aromatic heterocycles. The van der Waals surface area contributed by atoms with Crippen molar-refractivity contribution in [1.82, 2.24) is 4.90 Å². The van der Waals surface area contributed by atoms with Crippen molar-refractivity contribution in [3.63, 3.8) is 0 Å². The second-order valence-corrected chi connectivity index (χ2v) is 3.94. The van der Waals surface area contributed by atoms with Crippen molar-refractivity contribution in [2.24, 2.45) is 11.8 Å². The summed E-state index contributed by atoms with van der Waals surface area (Å²) < 4.78 is 0. The Kier molecular flexibility index (Phi) is 5.94. The molecule has 1 amide bonds. The summed E-state index contributed by atoms with van der Waals surface area (Å²) in [5.74, 6) is 0.141. The van der Waals surface area contributed by atoms with Gasteiger partial charge in [0.25, 0.3) is 0 Å². The molecule has 80 valence electrons. The second-order valence-electron chi connectivity index (χ2n) is 3.94. The van der Waals surface area contributed by atoms with Gasteiger partial charge in [0.2, 0.25) is 5.91 Å². The summed E-state index contributed by atoms with van der Waals surface area (Å²) in [7, 11) is 1.77. The summed E-state index contributed by atoms with van der Waals surface area (Å²) in [5.41, 5.74) is 0. The number of nitrogens with zero attached hydrogens (tertiary/aromatic N) is 2. The summed E-state index contributed by atoms with van der Waals surface area (Å²) >= 11 is 0. The van der Waals surface area contributed by atoms with Gasteiger partial charge in [0.15, 0.2) is 0 Å². The zero-order valence-corrected chi connectivity index (χ0v) is 9.58. The Bertz CT molecular complexity index is 220. The SMILES string of the molecule is CCCC(C)C(=O)N(C)CC(C)C#N. The molecule has 2 unspecified atom stereocenters. The van der Waals surface area contributed by atoms with Crippen LogP contribution < -0.4 is 0 Å². The van der Waals surface area contributed by atoms with Crippen molar-refractivity contribution in [1.29, 1.82) is 5.26 Å². The number of carbonyl (C=O) groups excluding carboxylic acids is 1. The molecule has 3 nitrogen and oxygen atoms in total. The standard InChI is InChI=1S/C11H20N2O/c1-5-6-10(3)11(14)13(4)8-9(2)7-12/h9-10H,5-6,8H2,1-4H3. The van der Waals surface area contributed by atoms with E-state index >= 15 is 0 Å². The molecule has 0 aromatic carbocycles. The first kappa shape index (κ1) is 13.0. The smallest absolute Gasteiger partial charge is 0.225 e. The number of carbonyl (C=O) groups is 1. The highest BCUT2D eigenvalue weighted by molar-refractivity contribution is 5.78. The van der Waals surface area contributed by atoms with Crippen molar-refractivity contribution in [2.75, 3.05) is 13.6 Å². The van der Waals surface area contributed by atoms with Gasteiger partial charge < -0.3 is 4.90 Å². The first-order valence-corrected chi connectivity index (χ1v) is 5.17. The van der Waals surface area contributed by atoms with Gasteiger partial charge in [-0.25, -0.2) is 0 Å². The van der Waals surface area contributed by atoms with Crippen LogP contribution in [0.4, 0.5) is 0 Å². The van der Waals surface area contributed by atoms with Crippen LogP contribution in [0.25, 0.3) is 0 Å². The predicted molar refractivity (Wildman–Crippen MR) is 56.5 cm³/mol. The predicted octanol–water partition coefficient (Wildman–Crippen LogP) is 2.04. The Labute approximate surface area is 86.7 Å². The topological polar surface area (TPSA) is 44.1 Å². The third-order valence-electron chi connectivity index (χ3n) is 2.29. The third kappa shape index (κ3) is 4.27. The Morgan fingerprint density at radius 2 is 2.07 bits per heavy atom. The van der Waals surface area contributed by atoms with E-state index in [1.807, 2.05) is 13.8 Å². The molecule has 0 aliphatic heterocycles. The molecule has 2 atom stereocenters. The lowest BCUT2D eigenvalue weighted by Crippen LogP contribution is -2.34. The van der Waals surface area contributed by atoms with E-state index in [-0.39, 0.29) is 17.7 Å². The lowest BCUT2D eigenvalue weighted by molar-refractivity contribution is -0.134. The van der Waals surface area contributed by atoms with Crippen LogP contribution in [-0.2, 0) is 4.79 Å². The molecular formula is C11H20N2O. The van der Waals surface area contributed by atoms with E-state index in [9.17, 15) is 4.79 Å². The van der Waals surface area contributed by atoms with E-state index in [1.54, 1.807) is 11.9 Å². The number of hydrogen-bond donors (Lipinski definition) is 0. The Morgan fingerprint density at radius 1 is 1.50 bits per heavy atom. The molecule has 0 radical (unpaired) electrons. The monoisotopic (exact) mass is 196 g/mol. The number of rotatable bonds is 5. The van der Waals surface area contributed by atoms with Gasteiger partial charge in [-0.2, -0.15) is 5.26 Å². The van der Waals surface area contributed by atoms with E-state index < -0.39 is 0 Å². The zero-order chi connectivity index (χ0) is 11.1. The molecule has 0 saturated heterocycles. The van der Waals surface area contributed by atoms with Crippen molar-refractivity contribution in [3.8, 4) is 6.07 Å². The highest BCUT2D eigenvalue weighted by Gasteiger charge is 2.17. The van der Waals surface area contributed by atoms with Crippen LogP contribution in [0.1, 0.15) is 33.6 Å². The van der Waals surface area contributed by atoms with Crippen LogP contribution in [0, 0.1) is 23.2 Å². The maximum atomic E-state index is 11.7. The maximum Gasteiger partial charge on any atom is 0.225 e. The molecule has 3 heteroatoms. The van der Waals surface area contributed by atoms with Crippen molar-refractivity contribution in [2.45, 2.75) is 33.6 Å². The van der Waals surface area contributed by atoms with Crippen LogP contribution in [0.15, 0.2) is 0 Å². The van der Waals surface area contributed by atoms with E-state index in [4.69, 9.17) is 5.26 Å². The van der Waals surface area contributed by atoms with Crippen LogP contribution in [0.3, 0.4) is 0 Å². The van der Waals surface area contributed by atoms with E-state index in [0.29, 0.717) is 6.54 Å². The average molecular weight is 196 g/mol. The van der Waals surface area contributed by atoms with Gasteiger partial charge in [-0.1, -0.05) is 20.3 Å². The molecule has 0 saturated carbocycles. The highest BCUT2D eigenvalue weighted by Crippen LogP contribution is 2.09. The van der Waals surface area contributed by atoms with Crippen LogP contribution in [0.5, 0.6) is 0 Å². The van der Waals surface area contributed by atoms with E-state index in [0.717, 1.165) is 12.8 Å². The molecule has 0 aliphatic carbocycles. The number of nitriles is 1. The minimum absolute atomic E-state index is 0.0795. The van der Waals surface area contributed by atoms with Crippen molar-refractivity contribution in [3.05, 3.63) is 0 Å². The Balaban J connectivity index is 4.06. The first-order valence-electron chi connectivity index (χ1n) is 5.17. The molecule has 0 heterocycles. The summed E-state index contributed by atoms with van der Waals surface area (Å²) in [6, 6.07) is 2.13. The van der Waals surface area contributed by atoms with E-state index in [1.165, 1.54) is 0 Å². The Hall–Kier alpha value is -1.04. The lowest BCUT2D eigenvalue weighted by atomic mass is 10.0. The van der Waals surface area contributed by atoms with Crippen molar-refractivity contribution < 1.29 is 4.79 Å². The van der Waals surface area contributed by atoms with Crippen molar-refractivity contribution >= 4 is 5.91 Å². The van der Waals surface area contributed by atoms with Gasteiger partial charge >= 0.3 is 0 Å². The maximum absolute atomic E-state index is 11.7. The summed E-state index contributed by atoms with van der Waals surface area (Å²) in [5, 5.41) is 8.62. The van der Waals surface area contributed by atoms with Crippen LogP contribution >= 0.6 is 0 Å². The van der Waals surface area contributed by atoms with Gasteiger partial charge in [-0.15, -0.1) is 0 Å². The summed E-state index contributed by atoms with van der Waals surface area (Å²) in [6.07, 6.45) is 1.94. The third-order valence-corrected chi connectivity index (χ3v) is 2.29. The molecule has 0 bridgehead atoms. The molecule has 14 heavy (non-hydrogen) atoms. The molecule has 0 aliphatic rings. The summed E-state index contributed by atoms with van der Waals surface area (Å²) in [4.78, 5) is 13.4. The fraction of sp³-hybridized carbons (Fsp3) is 0.818. The second kappa shape index (κ2) is 6.42. The van der Waals surface area contributed by atoms with Gasteiger partial charge in [0, 0.05) is 19.5 Å². The van der Waals surface area contributed by atoms with Gasteiger partial charge in [0.1, 0.15) is 0 Å². The Morgan fingerprint density at radius 3 is 2.50 bits per heavy atom. The van der Waals surface area contributed by atoms with Gasteiger partial charge in [-0.3, -0.25) is 4.79 Å². The molecule has 0 spiro atoms. The summed E-state index contributed by atoms with van der Waals surface area (Å²) in [6.45, 7) is 6.37. The van der Waals surface area contributed by atoms with Gasteiger partial charge in [-0.05, 0) is 13.3 Å². The first-order chi connectivity index (χ1) is 6.52. The molecule has 0 rings (SSSR count). The number of hydrogen-bond acceptors (Lipinski definition) is 2. The zero-order valence-electron chi connectivity index (χ0n) is 9.58. The largest absolute Gasteiger partial charge is 0.344 e. The minimum Gasteiger partial charge on any atom is -0.344 e. The minimum atomic E-state index is -0.0854. The normalized spacial score (nSPS) is 14.2. The molecule has 0 N–H and O–H groups in total. The fourth-order valence-corrected chi connectivity index (χ4v) is 1.47. The van der Waals surface area contributed by atoms with E-state index in [2.05, 4.69) is 13.0 Å². The molecular weight excluding hydrogens is 176 g/mol.